The zero-order valence-electron chi connectivity index (χ0n) is 13.6. The van der Waals surface area contributed by atoms with Crippen LogP contribution in [0.5, 0.6) is 0 Å². The van der Waals surface area contributed by atoms with Gasteiger partial charge in [-0.2, -0.15) is 0 Å². The van der Waals surface area contributed by atoms with Crippen LogP contribution in [0.15, 0.2) is 66.7 Å². The van der Waals surface area contributed by atoms with E-state index in [4.69, 9.17) is 0 Å². The molecule has 0 bridgehead atoms. The summed E-state index contributed by atoms with van der Waals surface area (Å²) < 4.78 is 0. The van der Waals surface area contributed by atoms with Crippen molar-refractivity contribution < 1.29 is 0 Å². The lowest BCUT2D eigenvalue weighted by Gasteiger charge is -2.16. The van der Waals surface area contributed by atoms with Crippen molar-refractivity contribution in [2.75, 3.05) is 0 Å². The fourth-order valence-corrected chi connectivity index (χ4v) is 3.10. The maximum atomic E-state index is 2.25. The zero-order valence-corrected chi connectivity index (χ0v) is 13.6. The van der Waals surface area contributed by atoms with Gasteiger partial charge in [-0.05, 0) is 53.6 Å². The van der Waals surface area contributed by atoms with Crippen LogP contribution in [0.2, 0.25) is 0 Å². The fourth-order valence-electron chi connectivity index (χ4n) is 3.10. The number of benzene rings is 3. The first-order valence-electron chi connectivity index (χ1n) is 7.95. The lowest BCUT2D eigenvalue weighted by Crippen LogP contribution is -1.94. The monoisotopic (exact) mass is 286 g/mol. The minimum Gasteiger partial charge on any atom is -0.0620 e. The standard InChI is InChI=1S/C22H22/c1-4-19-21(18-14-12-16(2)13-15-18)10-7-11-22(19)20-9-6-5-8-17(20)3/h5-15H,4H2,1-3H3. The summed E-state index contributed by atoms with van der Waals surface area (Å²) in [5, 5.41) is 0. The van der Waals surface area contributed by atoms with E-state index in [1.807, 2.05) is 0 Å². The molecule has 0 aromatic heterocycles. The molecular formula is C22H22. The minimum absolute atomic E-state index is 1.04. The van der Waals surface area contributed by atoms with Crippen molar-refractivity contribution in [1.82, 2.24) is 0 Å². The van der Waals surface area contributed by atoms with Gasteiger partial charge in [0.05, 0.1) is 0 Å². The Morgan fingerprint density at radius 1 is 0.636 bits per heavy atom. The molecule has 0 saturated heterocycles. The molecule has 0 amide bonds. The van der Waals surface area contributed by atoms with Gasteiger partial charge in [0.15, 0.2) is 0 Å². The first-order chi connectivity index (χ1) is 10.7. The van der Waals surface area contributed by atoms with Crippen LogP contribution in [0.1, 0.15) is 23.6 Å². The lowest BCUT2D eigenvalue weighted by atomic mass is 9.89. The molecule has 0 fully saturated rings. The van der Waals surface area contributed by atoms with E-state index < -0.39 is 0 Å². The molecule has 0 heteroatoms. The third kappa shape index (κ3) is 2.69. The van der Waals surface area contributed by atoms with Gasteiger partial charge in [0.2, 0.25) is 0 Å². The van der Waals surface area contributed by atoms with Crippen LogP contribution >= 0.6 is 0 Å². The second-order valence-electron chi connectivity index (χ2n) is 5.87. The highest BCUT2D eigenvalue weighted by molar-refractivity contribution is 5.80. The molecule has 0 radical (unpaired) electrons. The predicted molar refractivity (Wildman–Crippen MR) is 96.2 cm³/mol. The van der Waals surface area contributed by atoms with Gasteiger partial charge in [0.1, 0.15) is 0 Å². The van der Waals surface area contributed by atoms with E-state index in [2.05, 4.69) is 87.5 Å². The molecule has 0 heterocycles. The summed E-state index contributed by atoms with van der Waals surface area (Å²) in [5.41, 5.74) is 9.42. The number of rotatable bonds is 3. The van der Waals surface area contributed by atoms with Crippen LogP contribution in [-0.2, 0) is 6.42 Å². The molecule has 0 saturated carbocycles. The second kappa shape index (κ2) is 6.19. The van der Waals surface area contributed by atoms with Gasteiger partial charge >= 0.3 is 0 Å². The Balaban J connectivity index is 2.20. The largest absolute Gasteiger partial charge is 0.0620 e. The summed E-state index contributed by atoms with van der Waals surface area (Å²) in [6.45, 7) is 6.57. The molecule has 3 aromatic carbocycles. The third-order valence-corrected chi connectivity index (χ3v) is 4.33. The van der Waals surface area contributed by atoms with Crippen molar-refractivity contribution in [3.63, 3.8) is 0 Å². The zero-order chi connectivity index (χ0) is 15.5. The quantitative estimate of drug-likeness (QED) is 0.537. The van der Waals surface area contributed by atoms with E-state index in [-0.39, 0.29) is 0 Å². The molecule has 0 unspecified atom stereocenters. The first kappa shape index (κ1) is 14.6. The summed E-state index contributed by atoms with van der Waals surface area (Å²) in [5.74, 6) is 0. The highest BCUT2D eigenvalue weighted by atomic mass is 14.2. The molecule has 0 nitrogen and oxygen atoms in total. The molecule has 0 spiro atoms. The van der Waals surface area contributed by atoms with Crippen LogP contribution in [0.25, 0.3) is 22.3 Å². The predicted octanol–water partition coefficient (Wildman–Crippen LogP) is 6.20. The van der Waals surface area contributed by atoms with E-state index in [0.717, 1.165) is 6.42 Å². The second-order valence-corrected chi connectivity index (χ2v) is 5.87. The fraction of sp³-hybridized carbons (Fsp3) is 0.182. The Labute approximate surface area is 133 Å². The average Bonchev–Trinajstić information content (AvgIpc) is 2.55. The van der Waals surface area contributed by atoms with Gasteiger partial charge in [0, 0.05) is 0 Å². The van der Waals surface area contributed by atoms with Crippen molar-refractivity contribution in [2.24, 2.45) is 0 Å². The van der Waals surface area contributed by atoms with Crippen LogP contribution in [-0.4, -0.2) is 0 Å². The molecule has 0 aliphatic rings. The lowest BCUT2D eigenvalue weighted by molar-refractivity contribution is 1.14. The molecule has 0 N–H and O–H groups in total. The van der Waals surface area contributed by atoms with E-state index in [9.17, 15) is 0 Å². The van der Waals surface area contributed by atoms with Crippen molar-refractivity contribution >= 4 is 0 Å². The summed E-state index contributed by atoms with van der Waals surface area (Å²) in [4.78, 5) is 0. The van der Waals surface area contributed by atoms with E-state index in [1.54, 1.807) is 0 Å². The van der Waals surface area contributed by atoms with Crippen molar-refractivity contribution in [1.29, 1.82) is 0 Å². The van der Waals surface area contributed by atoms with E-state index in [0.29, 0.717) is 0 Å². The smallest absolute Gasteiger partial charge is 0.0143 e. The highest BCUT2D eigenvalue weighted by Gasteiger charge is 2.11. The summed E-state index contributed by atoms with van der Waals surface area (Å²) in [7, 11) is 0. The van der Waals surface area contributed by atoms with Crippen molar-refractivity contribution in [2.45, 2.75) is 27.2 Å². The molecule has 3 rings (SSSR count). The Bertz CT molecular complexity index is 779. The van der Waals surface area contributed by atoms with Gasteiger partial charge in [-0.3, -0.25) is 0 Å². The molecule has 22 heavy (non-hydrogen) atoms. The molecule has 3 aromatic rings. The summed E-state index contributed by atoms with van der Waals surface area (Å²) >= 11 is 0. The Hall–Kier alpha value is -2.34. The van der Waals surface area contributed by atoms with Crippen LogP contribution < -0.4 is 0 Å². The molecule has 0 aliphatic carbocycles. The SMILES string of the molecule is CCc1c(-c2ccc(C)cc2)cccc1-c1ccccc1C. The summed E-state index contributed by atoms with van der Waals surface area (Å²) in [6, 6.07) is 24.1. The Kier molecular flexibility index (Phi) is 4.11. The van der Waals surface area contributed by atoms with Crippen molar-refractivity contribution in [3.8, 4) is 22.3 Å². The molecule has 110 valence electrons. The summed E-state index contributed by atoms with van der Waals surface area (Å²) in [6.07, 6.45) is 1.04. The third-order valence-electron chi connectivity index (χ3n) is 4.33. The number of aryl methyl sites for hydroxylation is 2. The van der Waals surface area contributed by atoms with Crippen LogP contribution in [0, 0.1) is 13.8 Å². The van der Waals surface area contributed by atoms with Gasteiger partial charge in [-0.1, -0.05) is 79.2 Å². The molecule has 0 aliphatic heterocycles. The number of hydrogen-bond acceptors (Lipinski definition) is 0. The molecule has 0 atom stereocenters. The first-order valence-corrected chi connectivity index (χ1v) is 7.95. The normalized spacial score (nSPS) is 10.7. The topological polar surface area (TPSA) is 0 Å². The van der Waals surface area contributed by atoms with E-state index >= 15 is 0 Å². The minimum atomic E-state index is 1.04. The maximum absolute atomic E-state index is 2.25. The van der Waals surface area contributed by atoms with Crippen molar-refractivity contribution in [3.05, 3.63) is 83.4 Å². The van der Waals surface area contributed by atoms with Gasteiger partial charge < -0.3 is 0 Å². The maximum Gasteiger partial charge on any atom is -0.0143 e. The van der Waals surface area contributed by atoms with Gasteiger partial charge in [0.25, 0.3) is 0 Å². The Morgan fingerprint density at radius 2 is 1.27 bits per heavy atom. The molecular weight excluding hydrogens is 264 g/mol. The van der Waals surface area contributed by atoms with Crippen LogP contribution in [0.3, 0.4) is 0 Å². The van der Waals surface area contributed by atoms with Crippen LogP contribution in [0.4, 0.5) is 0 Å². The van der Waals surface area contributed by atoms with Gasteiger partial charge in [-0.15, -0.1) is 0 Å². The highest BCUT2D eigenvalue weighted by Crippen LogP contribution is 2.34. The average molecular weight is 286 g/mol. The van der Waals surface area contributed by atoms with E-state index in [1.165, 1.54) is 38.9 Å². The number of hydrogen-bond donors (Lipinski definition) is 0. The Morgan fingerprint density at radius 3 is 1.95 bits per heavy atom. The van der Waals surface area contributed by atoms with Gasteiger partial charge in [-0.25, -0.2) is 0 Å².